The third kappa shape index (κ3) is 6.13. The molecule has 1 aromatic heterocycles. The second-order valence-corrected chi connectivity index (χ2v) is 7.07. The number of anilines is 1. The maximum atomic E-state index is 13.5. The first kappa shape index (κ1) is 23.9. The SMILES string of the molecule is O=C(COc1cccc(NC(=O)c2ccco2)c1)NCC[C@@](O)(c1ccccc1)C(F)(F)F. The lowest BCUT2D eigenvalue weighted by atomic mass is 9.89. The van der Waals surface area contributed by atoms with Gasteiger partial charge in [0.05, 0.1) is 6.26 Å². The summed E-state index contributed by atoms with van der Waals surface area (Å²) >= 11 is 0. The van der Waals surface area contributed by atoms with Crippen molar-refractivity contribution in [2.45, 2.75) is 18.2 Å². The van der Waals surface area contributed by atoms with Gasteiger partial charge in [0.15, 0.2) is 18.0 Å². The number of aliphatic hydroxyl groups is 1. The predicted molar refractivity (Wildman–Crippen MR) is 113 cm³/mol. The summed E-state index contributed by atoms with van der Waals surface area (Å²) in [4.78, 5) is 24.0. The standard InChI is InChI=1S/C23H21F3N2O5/c24-23(25,26)22(31,16-6-2-1-3-7-16)11-12-27-20(29)15-33-18-9-4-8-17(14-18)28-21(30)19-10-5-13-32-19/h1-10,13-14,31H,11-12,15H2,(H,27,29)(H,28,30)/t22-/m1/s1. The van der Waals surface area contributed by atoms with E-state index in [0.29, 0.717) is 5.69 Å². The number of furan rings is 1. The molecule has 0 aliphatic heterocycles. The van der Waals surface area contributed by atoms with Gasteiger partial charge in [-0.3, -0.25) is 9.59 Å². The molecule has 0 fully saturated rings. The fraction of sp³-hybridized carbons (Fsp3) is 0.217. The second-order valence-electron chi connectivity index (χ2n) is 7.07. The number of rotatable bonds is 9. The van der Waals surface area contributed by atoms with E-state index in [1.165, 1.54) is 48.7 Å². The van der Waals surface area contributed by atoms with Crippen molar-refractivity contribution >= 4 is 17.5 Å². The number of nitrogens with one attached hydrogen (secondary N) is 2. The van der Waals surface area contributed by atoms with Crippen LogP contribution in [0.4, 0.5) is 18.9 Å². The first-order valence-electron chi connectivity index (χ1n) is 9.88. The molecule has 3 N–H and O–H groups in total. The summed E-state index contributed by atoms with van der Waals surface area (Å²) in [6, 6.07) is 16.0. The fourth-order valence-electron chi connectivity index (χ4n) is 3.01. The minimum Gasteiger partial charge on any atom is -0.484 e. The van der Waals surface area contributed by atoms with Crippen LogP contribution in [0.2, 0.25) is 0 Å². The Morgan fingerprint density at radius 2 is 1.76 bits per heavy atom. The number of benzene rings is 2. The lowest BCUT2D eigenvalue weighted by molar-refractivity contribution is -0.268. The number of hydrogen-bond donors (Lipinski definition) is 3. The summed E-state index contributed by atoms with van der Waals surface area (Å²) in [5.74, 6) is -0.753. The zero-order valence-electron chi connectivity index (χ0n) is 17.3. The molecule has 1 atom stereocenters. The quantitative estimate of drug-likeness (QED) is 0.448. The molecule has 0 unspecified atom stereocenters. The number of hydrogen-bond acceptors (Lipinski definition) is 5. The molecule has 2 aromatic carbocycles. The van der Waals surface area contributed by atoms with E-state index in [1.807, 2.05) is 0 Å². The Balaban J connectivity index is 1.51. The molecule has 7 nitrogen and oxygen atoms in total. The van der Waals surface area contributed by atoms with E-state index in [-0.39, 0.29) is 17.1 Å². The van der Waals surface area contributed by atoms with Gasteiger partial charge in [-0.1, -0.05) is 36.4 Å². The van der Waals surface area contributed by atoms with Crippen molar-refractivity contribution in [2.75, 3.05) is 18.5 Å². The van der Waals surface area contributed by atoms with Crippen LogP contribution >= 0.6 is 0 Å². The monoisotopic (exact) mass is 462 g/mol. The highest BCUT2D eigenvalue weighted by Gasteiger charge is 2.54. The third-order valence-corrected chi connectivity index (χ3v) is 4.74. The molecule has 0 aliphatic rings. The van der Waals surface area contributed by atoms with E-state index < -0.39 is 43.2 Å². The van der Waals surface area contributed by atoms with Gasteiger partial charge in [0.1, 0.15) is 5.75 Å². The summed E-state index contributed by atoms with van der Waals surface area (Å²) in [6.07, 6.45) is -4.32. The first-order valence-corrected chi connectivity index (χ1v) is 9.88. The maximum absolute atomic E-state index is 13.5. The lowest BCUT2D eigenvalue weighted by Gasteiger charge is -2.31. The minimum absolute atomic E-state index is 0.120. The third-order valence-electron chi connectivity index (χ3n) is 4.74. The van der Waals surface area contributed by atoms with E-state index >= 15 is 0 Å². The Hall–Kier alpha value is -3.79. The van der Waals surface area contributed by atoms with Crippen LogP contribution in [0.25, 0.3) is 0 Å². The molecular formula is C23H21F3N2O5. The van der Waals surface area contributed by atoms with Crippen LogP contribution in [0.3, 0.4) is 0 Å². The van der Waals surface area contributed by atoms with Gasteiger partial charge in [-0.2, -0.15) is 13.2 Å². The minimum atomic E-state index is -4.92. The van der Waals surface area contributed by atoms with Crippen molar-refractivity contribution in [1.82, 2.24) is 5.32 Å². The van der Waals surface area contributed by atoms with Crippen LogP contribution in [0.15, 0.2) is 77.4 Å². The molecular weight excluding hydrogens is 441 g/mol. The van der Waals surface area contributed by atoms with Crippen molar-refractivity contribution in [1.29, 1.82) is 0 Å². The van der Waals surface area contributed by atoms with E-state index in [0.717, 1.165) is 0 Å². The predicted octanol–water partition coefficient (Wildman–Crippen LogP) is 3.87. The van der Waals surface area contributed by atoms with Gasteiger partial charge in [0.2, 0.25) is 0 Å². The largest absolute Gasteiger partial charge is 0.484 e. The van der Waals surface area contributed by atoms with Gasteiger partial charge < -0.3 is 24.9 Å². The highest BCUT2D eigenvalue weighted by Crippen LogP contribution is 2.41. The van der Waals surface area contributed by atoms with E-state index in [1.54, 1.807) is 24.3 Å². The summed E-state index contributed by atoms with van der Waals surface area (Å²) in [6.45, 7) is -0.891. The van der Waals surface area contributed by atoms with Gasteiger partial charge in [-0.15, -0.1) is 0 Å². The topological polar surface area (TPSA) is 101 Å². The van der Waals surface area contributed by atoms with Gasteiger partial charge >= 0.3 is 6.18 Å². The molecule has 1 heterocycles. The Bertz CT molecular complexity index is 1070. The van der Waals surface area contributed by atoms with Crippen LogP contribution < -0.4 is 15.4 Å². The number of carbonyl (C=O) groups excluding carboxylic acids is 2. The zero-order valence-corrected chi connectivity index (χ0v) is 17.3. The van der Waals surface area contributed by atoms with Crippen molar-refractivity contribution in [3.63, 3.8) is 0 Å². The Kier molecular flexibility index (Phi) is 7.39. The Labute approximate surface area is 187 Å². The van der Waals surface area contributed by atoms with Crippen LogP contribution in [0, 0.1) is 0 Å². The van der Waals surface area contributed by atoms with E-state index in [9.17, 15) is 27.9 Å². The molecule has 0 saturated heterocycles. The van der Waals surface area contributed by atoms with Crippen LogP contribution in [0.1, 0.15) is 22.5 Å². The van der Waals surface area contributed by atoms with Gasteiger partial charge in [-0.25, -0.2) is 0 Å². The summed E-state index contributed by atoms with van der Waals surface area (Å²) in [7, 11) is 0. The molecule has 3 aromatic rings. The highest BCUT2D eigenvalue weighted by atomic mass is 19.4. The number of alkyl halides is 3. The molecule has 0 aliphatic carbocycles. The molecule has 3 rings (SSSR count). The average molecular weight is 462 g/mol. The van der Waals surface area contributed by atoms with E-state index in [4.69, 9.17) is 9.15 Å². The molecule has 0 saturated carbocycles. The molecule has 0 bridgehead atoms. The zero-order chi connectivity index (χ0) is 23.9. The van der Waals surface area contributed by atoms with Gasteiger partial charge in [0.25, 0.3) is 11.8 Å². The van der Waals surface area contributed by atoms with E-state index in [2.05, 4.69) is 10.6 Å². The highest BCUT2D eigenvalue weighted by molar-refractivity contribution is 6.02. The molecule has 10 heteroatoms. The average Bonchev–Trinajstić information content (AvgIpc) is 3.33. The smallest absolute Gasteiger partial charge is 0.421 e. The summed E-state index contributed by atoms with van der Waals surface area (Å²) in [5, 5.41) is 15.2. The van der Waals surface area contributed by atoms with Crippen LogP contribution in [0.5, 0.6) is 5.75 Å². The number of amides is 2. The van der Waals surface area contributed by atoms with Crippen LogP contribution in [-0.2, 0) is 10.4 Å². The Morgan fingerprint density at radius 1 is 1.00 bits per heavy atom. The molecule has 33 heavy (non-hydrogen) atoms. The van der Waals surface area contributed by atoms with Gasteiger partial charge in [-0.05, 0) is 29.8 Å². The van der Waals surface area contributed by atoms with Crippen molar-refractivity contribution in [3.8, 4) is 5.75 Å². The maximum Gasteiger partial charge on any atom is 0.421 e. The first-order chi connectivity index (χ1) is 15.7. The summed E-state index contributed by atoms with van der Waals surface area (Å²) < 4.78 is 50.8. The molecule has 2 amide bonds. The summed E-state index contributed by atoms with van der Waals surface area (Å²) in [5.41, 5.74) is -3.01. The lowest BCUT2D eigenvalue weighted by Crippen LogP contribution is -2.45. The number of halogens is 3. The second kappa shape index (κ2) is 10.2. The molecule has 0 radical (unpaired) electrons. The van der Waals surface area contributed by atoms with Crippen molar-refractivity contribution in [2.24, 2.45) is 0 Å². The fourth-order valence-corrected chi connectivity index (χ4v) is 3.01. The number of carbonyl (C=O) groups is 2. The molecule has 0 spiro atoms. The van der Waals surface area contributed by atoms with Gasteiger partial charge in [0, 0.05) is 24.7 Å². The molecule has 174 valence electrons. The normalized spacial score (nSPS) is 13.1. The van der Waals surface area contributed by atoms with Crippen molar-refractivity contribution < 1.29 is 37.0 Å². The van der Waals surface area contributed by atoms with Crippen molar-refractivity contribution in [3.05, 3.63) is 84.3 Å². The number of ether oxygens (including phenoxy) is 1. The van der Waals surface area contributed by atoms with Crippen LogP contribution in [-0.4, -0.2) is 36.2 Å². The Morgan fingerprint density at radius 3 is 2.42 bits per heavy atom.